The smallest absolute Gasteiger partial charge is 0.140 e. The first-order valence-electron chi connectivity index (χ1n) is 10.6. The molecule has 3 aromatic rings. The Hall–Kier alpha value is -3.44. The molecular formula is C25H26N4O3. The van der Waals surface area contributed by atoms with Gasteiger partial charge in [0.1, 0.15) is 11.9 Å². The topological polar surface area (TPSA) is 104 Å². The van der Waals surface area contributed by atoms with E-state index in [4.69, 9.17) is 5.26 Å². The van der Waals surface area contributed by atoms with Gasteiger partial charge >= 0.3 is 0 Å². The molecule has 1 saturated heterocycles. The molecular weight excluding hydrogens is 404 g/mol. The molecule has 1 aromatic heterocycles. The highest BCUT2D eigenvalue weighted by Gasteiger charge is 2.31. The van der Waals surface area contributed by atoms with Gasteiger partial charge in [0.2, 0.25) is 0 Å². The molecule has 2 aromatic carbocycles. The van der Waals surface area contributed by atoms with E-state index in [2.05, 4.69) is 33.0 Å². The van der Waals surface area contributed by atoms with Crippen LogP contribution in [0.4, 0.5) is 5.69 Å². The number of aromatic nitrogens is 1. The summed E-state index contributed by atoms with van der Waals surface area (Å²) in [5, 5.41) is 39.8. The third-order valence-corrected chi connectivity index (χ3v) is 5.83. The first-order chi connectivity index (χ1) is 15.6. The molecule has 1 aliphatic rings. The number of β-amino-alcohol motifs (C(OH)–C–C–N with tert-alkyl or cyclic N) is 1. The fraction of sp³-hybridized carbons (Fsp3) is 0.280. The van der Waals surface area contributed by atoms with Crippen LogP contribution in [0.25, 0.3) is 0 Å². The summed E-state index contributed by atoms with van der Waals surface area (Å²) in [5.41, 5.74) is 3.29. The molecule has 2 atom stereocenters. The summed E-state index contributed by atoms with van der Waals surface area (Å²) >= 11 is 0. The molecule has 0 spiro atoms. The van der Waals surface area contributed by atoms with Crippen molar-refractivity contribution in [1.29, 1.82) is 5.26 Å². The van der Waals surface area contributed by atoms with Gasteiger partial charge in [-0.15, -0.1) is 0 Å². The molecule has 0 aliphatic carbocycles. The van der Waals surface area contributed by atoms with Crippen LogP contribution in [0, 0.1) is 11.3 Å². The first-order valence-corrected chi connectivity index (χ1v) is 10.6. The van der Waals surface area contributed by atoms with Crippen molar-refractivity contribution in [2.75, 3.05) is 31.1 Å². The highest BCUT2D eigenvalue weighted by Crippen LogP contribution is 2.36. The largest absolute Gasteiger partial charge is 0.506 e. The van der Waals surface area contributed by atoms with Gasteiger partial charge in [0, 0.05) is 26.2 Å². The van der Waals surface area contributed by atoms with Gasteiger partial charge in [-0.1, -0.05) is 36.4 Å². The minimum atomic E-state index is -0.771. The highest BCUT2D eigenvalue weighted by molar-refractivity contribution is 5.62. The molecule has 0 saturated carbocycles. The average molecular weight is 431 g/mol. The molecule has 0 amide bonds. The van der Waals surface area contributed by atoms with Crippen LogP contribution in [-0.2, 0) is 6.61 Å². The summed E-state index contributed by atoms with van der Waals surface area (Å²) in [6, 6.07) is 22.4. The van der Waals surface area contributed by atoms with E-state index in [1.807, 2.05) is 18.2 Å². The summed E-state index contributed by atoms with van der Waals surface area (Å²) in [4.78, 5) is 8.67. The number of phenols is 1. The van der Waals surface area contributed by atoms with E-state index in [9.17, 15) is 15.3 Å². The zero-order chi connectivity index (χ0) is 22.5. The predicted molar refractivity (Wildman–Crippen MR) is 121 cm³/mol. The quantitative estimate of drug-likeness (QED) is 0.552. The van der Waals surface area contributed by atoms with Crippen LogP contribution in [0.3, 0.4) is 0 Å². The van der Waals surface area contributed by atoms with Crippen LogP contribution in [0.5, 0.6) is 5.75 Å². The molecule has 7 heteroatoms. The molecule has 4 rings (SSSR count). The van der Waals surface area contributed by atoms with E-state index in [-0.39, 0.29) is 18.4 Å². The van der Waals surface area contributed by atoms with E-state index >= 15 is 0 Å². The number of pyridine rings is 1. The maximum atomic E-state index is 10.8. The van der Waals surface area contributed by atoms with Gasteiger partial charge in [-0.2, -0.15) is 5.26 Å². The number of hydrogen-bond acceptors (Lipinski definition) is 7. The molecule has 1 aliphatic heterocycles. The lowest BCUT2D eigenvalue weighted by molar-refractivity contribution is 0.0971. The molecule has 7 nitrogen and oxygen atoms in total. The molecule has 0 bridgehead atoms. The number of piperazine rings is 1. The van der Waals surface area contributed by atoms with E-state index < -0.39 is 6.10 Å². The second-order valence-electron chi connectivity index (χ2n) is 7.92. The number of rotatable bonds is 6. The summed E-state index contributed by atoms with van der Waals surface area (Å²) < 4.78 is 0. The van der Waals surface area contributed by atoms with Gasteiger partial charge in [0.15, 0.2) is 0 Å². The fourth-order valence-electron chi connectivity index (χ4n) is 4.20. The van der Waals surface area contributed by atoms with Gasteiger partial charge in [-0.3, -0.25) is 9.88 Å². The van der Waals surface area contributed by atoms with Crippen LogP contribution >= 0.6 is 0 Å². The molecule has 1 fully saturated rings. The predicted octanol–water partition coefficient (Wildman–Crippen LogP) is 2.75. The monoisotopic (exact) mass is 430 g/mol. The van der Waals surface area contributed by atoms with Crippen molar-refractivity contribution in [2.45, 2.75) is 18.8 Å². The summed E-state index contributed by atoms with van der Waals surface area (Å²) in [6.45, 7) is 2.25. The Morgan fingerprint density at radius 1 is 1.06 bits per heavy atom. The van der Waals surface area contributed by atoms with Crippen LogP contribution < -0.4 is 4.90 Å². The summed E-state index contributed by atoms with van der Waals surface area (Å²) in [6.07, 6.45) is -0.771. The van der Waals surface area contributed by atoms with Crippen molar-refractivity contribution < 1.29 is 15.3 Å². The highest BCUT2D eigenvalue weighted by atomic mass is 16.3. The minimum Gasteiger partial charge on any atom is -0.506 e. The second-order valence-corrected chi connectivity index (χ2v) is 7.92. The van der Waals surface area contributed by atoms with Crippen molar-refractivity contribution in [1.82, 2.24) is 9.88 Å². The van der Waals surface area contributed by atoms with Crippen molar-refractivity contribution in [2.24, 2.45) is 0 Å². The van der Waals surface area contributed by atoms with E-state index in [1.54, 1.807) is 30.3 Å². The number of aliphatic hydroxyl groups excluding tert-OH is 2. The standard InChI is InChI=1S/C25H26N4O3/c26-14-18-9-10-22(24(31)13-18)29-12-11-28(15-23(29)19-5-2-1-3-6-19)16-25(32)21-8-4-7-20(17-30)27-21/h1-10,13,23,25,30-32H,11-12,15-17H2/t23-,25?/m0/s1. The zero-order valence-electron chi connectivity index (χ0n) is 17.7. The van der Waals surface area contributed by atoms with Crippen LogP contribution in [0.1, 0.15) is 34.7 Å². The summed E-state index contributed by atoms with van der Waals surface area (Å²) in [5.74, 6) is 0.0866. The van der Waals surface area contributed by atoms with Gasteiger partial charge in [0.05, 0.1) is 41.4 Å². The maximum absolute atomic E-state index is 10.8. The number of phenolic OH excluding ortho intramolecular Hbond substituents is 1. The van der Waals surface area contributed by atoms with E-state index in [0.29, 0.717) is 48.8 Å². The van der Waals surface area contributed by atoms with Crippen molar-refractivity contribution >= 4 is 5.69 Å². The van der Waals surface area contributed by atoms with E-state index in [0.717, 1.165) is 5.56 Å². The van der Waals surface area contributed by atoms with Crippen molar-refractivity contribution in [3.63, 3.8) is 0 Å². The average Bonchev–Trinajstić information content (AvgIpc) is 2.84. The number of nitriles is 1. The molecule has 0 radical (unpaired) electrons. The molecule has 3 N–H and O–H groups in total. The van der Waals surface area contributed by atoms with Gasteiger partial charge in [-0.05, 0) is 35.9 Å². The fourth-order valence-corrected chi connectivity index (χ4v) is 4.20. The lowest BCUT2D eigenvalue weighted by Gasteiger charge is -2.43. The number of benzene rings is 2. The minimum absolute atomic E-state index is 0.0345. The SMILES string of the molecule is N#Cc1ccc(N2CCN(CC(O)c3cccc(CO)n3)C[C@H]2c2ccccc2)c(O)c1. The molecule has 1 unspecified atom stereocenters. The van der Waals surface area contributed by atoms with Crippen LogP contribution in [0.15, 0.2) is 66.7 Å². The first kappa shape index (κ1) is 21.8. The third kappa shape index (κ3) is 4.73. The summed E-state index contributed by atoms with van der Waals surface area (Å²) in [7, 11) is 0. The third-order valence-electron chi connectivity index (χ3n) is 5.83. The van der Waals surface area contributed by atoms with Gasteiger partial charge in [0.25, 0.3) is 0 Å². The Balaban J connectivity index is 1.57. The zero-order valence-corrected chi connectivity index (χ0v) is 17.7. The van der Waals surface area contributed by atoms with E-state index in [1.165, 1.54) is 6.07 Å². The number of aromatic hydroxyl groups is 1. The Morgan fingerprint density at radius 2 is 1.88 bits per heavy atom. The van der Waals surface area contributed by atoms with Crippen molar-refractivity contribution in [3.8, 4) is 11.8 Å². The molecule has 164 valence electrons. The molecule has 2 heterocycles. The Labute approximate surface area is 187 Å². The van der Waals surface area contributed by atoms with Crippen LogP contribution in [-0.4, -0.2) is 51.4 Å². The lowest BCUT2D eigenvalue weighted by atomic mass is 10.00. The lowest BCUT2D eigenvalue weighted by Crippen LogP contribution is -2.49. The number of hydrogen-bond donors (Lipinski definition) is 3. The maximum Gasteiger partial charge on any atom is 0.140 e. The van der Waals surface area contributed by atoms with Gasteiger partial charge < -0.3 is 20.2 Å². The Morgan fingerprint density at radius 3 is 2.59 bits per heavy atom. The van der Waals surface area contributed by atoms with Gasteiger partial charge in [-0.25, -0.2) is 0 Å². The Bertz CT molecular complexity index is 1100. The number of nitrogens with zero attached hydrogens (tertiary/aromatic N) is 4. The van der Waals surface area contributed by atoms with Crippen molar-refractivity contribution in [3.05, 3.63) is 89.2 Å². The Kier molecular flexibility index (Phi) is 6.66. The van der Waals surface area contributed by atoms with Crippen LogP contribution in [0.2, 0.25) is 0 Å². The number of aliphatic hydroxyl groups is 2. The molecule has 32 heavy (non-hydrogen) atoms. The normalized spacial score (nSPS) is 17.7. The second kappa shape index (κ2) is 9.79. The number of anilines is 1.